The summed E-state index contributed by atoms with van der Waals surface area (Å²) in [5, 5.41) is 8.93. The molecule has 6 nitrogen and oxygen atoms in total. The fourth-order valence-electron chi connectivity index (χ4n) is 0.764. The summed E-state index contributed by atoms with van der Waals surface area (Å²) >= 11 is 5.46. The number of rotatable bonds is 2. The zero-order chi connectivity index (χ0) is 10.9. The minimum absolute atomic E-state index is 0.156. The maximum atomic E-state index is 10.3. The fraction of sp³-hybridized carbons (Fsp3) is 0. The van der Waals surface area contributed by atoms with Gasteiger partial charge in [-0.25, -0.2) is 0 Å². The average molecular weight is 240 g/mol. The topological polar surface area (TPSA) is 110 Å². The summed E-state index contributed by atoms with van der Waals surface area (Å²) in [6.45, 7) is 0. The second-order valence-electron chi connectivity index (χ2n) is 2.35. The molecule has 0 heterocycles. The van der Waals surface area contributed by atoms with Crippen LogP contribution < -0.4 is 9.92 Å². The van der Waals surface area contributed by atoms with E-state index in [2.05, 4.69) is 4.18 Å². The molecule has 78 valence electrons. The van der Waals surface area contributed by atoms with Gasteiger partial charge in [-0.2, -0.15) is 8.42 Å². The SMILES string of the molecule is Nc1cc(OS(=O)(=O)O)cc(Cl)c1O. The Kier molecular flexibility index (Phi) is 2.74. The lowest BCUT2D eigenvalue weighted by Gasteiger charge is -2.05. The highest BCUT2D eigenvalue weighted by atomic mass is 35.5. The lowest BCUT2D eigenvalue weighted by molar-refractivity contribution is 0.386. The highest BCUT2D eigenvalue weighted by molar-refractivity contribution is 7.81. The lowest BCUT2D eigenvalue weighted by Crippen LogP contribution is -2.06. The number of hydrogen-bond donors (Lipinski definition) is 3. The summed E-state index contributed by atoms with van der Waals surface area (Å²) in [7, 11) is -4.62. The van der Waals surface area contributed by atoms with E-state index in [4.69, 9.17) is 27.0 Å². The van der Waals surface area contributed by atoms with Gasteiger partial charge in [-0.3, -0.25) is 4.55 Å². The van der Waals surface area contributed by atoms with Crippen molar-refractivity contribution in [3.8, 4) is 11.5 Å². The van der Waals surface area contributed by atoms with Crippen LogP contribution in [-0.2, 0) is 10.4 Å². The summed E-state index contributed by atoms with van der Waals surface area (Å²) in [6.07, 6.45) is 0. The van der Waals surface area contributed by atoms with Crippen molar-refractivity contribution < 1.29 is 22.3 Å². The van der Waals surface area contributed by atoms with Crippen molar-refractivity contribution in [1.29, 1.82) is 0 Å². The van der Waals surface area contributed by atoms with Gasteiger partial charge >= 0.3 is 10.4 Å². The molecule has 0 aliphatic heterocycles. The first-order chi connectivity index (χ1) is 6.29. The predicted octanol–water partition coefficient (Wildman–Crippen LogP) is 0.809. The molecular weight excluding hydrogens is 234 g/mol. The van der Waals surface area contributed by atoms with Gasteiger partial charge in [-0.1, -0.05) is 11.6 Å². The second-order valence-corrected chi connectivity index (χ2v) is 3.78. The van der Waals surface area contributed by atoms with Crippen molar-refractivity contribution in [1.82, 2.24) is 0 Å². The van der Waals surface area contributed by atoms with E-state index in [0.717, 1.165) is 12.1 Å². The van der Waals surface area contributed by atoms with E-state index >= 15 is 0 Å². The van der Waals surface area contributed by atoms with E-state index in [0.29, 0.717) is 0 Å². The molecule has 0 atom stereocenters. The highest BCUT2D eigenvalue weighted by Crippen LogP contribution is 2.34. The molecule has 0 radical (unpaired) electrons. The Balaban J connectivity index is 3.14. The van der Waals surface area contributed by atoms with Crippen LogP contribution >= 0.6 is 11.6 Å². The summed E-state index contributed by atoms with van der Waals surface area (Å²) in [4.78, 5) is 0. The minimum Gasteiger partial charge on any atom is -0.504 e. The Hall–Kier alpha value is -1.18. The molecule has 0 amide bonds. The molecular formula is C6H6ClNO5S. The highest BCUT2D eigenvalue weighted by Gasteiger charge is 2.11. The molecule has 1 aromatic carbocycles. The number of phenols is 1. The molecule has 0 saturated heterocycles. The van der Waals surface area contributed by atoms with E-state index < -0.39 is 10.4 Å². The van der Waals surface area contributed by atoms with Gasteiger partial charge in [0.05, 0.1) is 10.7 Å². The van der Waals surface area contributed by atoms with Crippen LogP contribution in [0.25, 0.3) is 0 Å². The third-order valence-corrected chi connectivity index (χ3v) is 1.96. The standard InChI is InChI=1S/C6H6ClNO5S/c7-4-1-3(13-14(10,11)12)2-5(8)6(4)9/h1-2,9H,8H2,(H,10,11,12). The van der Waals surface area contributed by atoms with Gasteiger partial charge in [-0.15, -0.1) is 0 Å². The van der Waals surface area contributed by atoms with Gasteiger partial charge in [0, 0.05) is 12.1 Å². The van der Waals surface area contributed by atoms with Crippen molar-refractivity contribution in [2.24, 2.45) is 0 Å². The molecule has 0 aromatic heterocycles. The van der Waals surface area contributed by atoms with Crippen LogP contribution in [-0.4, -0.2) is 18.1 Å². The quantitative estimate of drug-likeness (QED) is 0.400. The van der Waals surface area contributed by atoms with Gasteiger partial charge in [-0.05, 0) is 0 Å². The van der Waals surface area contributed by atoms with Crippen LogP contribution in [0.1, 0.15) is 0 Å². The smallest absolute Gasteiger partial charge is 0.446 e. The number of nitrogen functional groups attached to an aromatic ring is 1. The van der Waals surface area contributed by atoms with E-state index in [-0.39, 0.29) is 22.2 Å². The number of nitrogens with two attached hydrogens (primary N) is 1. The van der Waals surface area contributed by atoms with Crippen molar-refractivity contribution in [2.45, 2.75) is 0 Å². The predicted molar refractivity (Wildman–Crippen MR) is 49.7 cm³/mol. The summed E-state index contributed by atoms with van der Waals surface area (Å²) in [5.41, 5.74) is 5.09. The normalized spacial score (nSPS) is 11.3. The van der Waals surface area contributed by atoms with E-state index in [9.17, 15) is 8.42 Å². The van der Waals surface area contributed by atoms with Gasteiger partial charge in [0.2, 0.25) is 0 Å². The third-order valence-electron chi connectivity index (χ3n) is 1.27. The molecule has 0 saturated carbocycles. The maximum absolute atomic E-state index is 10.3. The molecule has 0 aliphatic rings. The molecule has 0 aliphatic carbocycles. The average Bonchev–Trinajstić information content (AvgIpc) is 1.96. The van der Waals surface area contributed by atoms with E-state index in [1.807, 2.05) is 0 Å². The fourth-order valence-corrected chi connectivity index (χ4v) is 1.32. The summed E-state index contributed by atoms with van der Waals surface area (Å²) in [6, 6.07) is 2.01. The molecule has 8 heteroatoms. The number of aromatic hydroxyl groups is 1. The summed E-state index contributed by atoms with van der Waals surface area (Å²) < 4.78 is 33.0. The van der Waals surface area contributed by atoms with Crippen LogP contribution in [0.4, 0.5) is 5.69 Å². The Morgan fingerprint density at radius 2 is 2.00 bits per heavy atom. The minimum atomic E-state index is -4.62. The Morgan fingerprint density at radius 1 is 1.43 bits per heavy atom. The van der Waals surface area contributed by atoms with Crippen LogP contribution in [0.3, 0.4) is 0 Å². The molecule has 0 unspecified atom stereocenters. The van der Waals surface area contributed by atoms with Gasteiger partial charge in [0.25, 0.3) is 0 Å². The van der Waals surface area contributed by atoms with Gasteiger partial charge in [0.1, 0.15) is 5.75 Å². The molecule has 0 spiro atoms. The number of hydrogen-bond acceptors (Lipinski definition) is 5. The Bertz CT molecular complexity index is 434. The zero-order valence-corrected chi connectivity index (χ0v) is 8.21. The van der Waals surface area contributed by atoms with Crippen LogP contribution in [0.15, 0.2) is 12.1 Å². The Labute approximate surface area is 84.8 Å². The van der Waals surface area contributed by atoms with Crippen molar-refractivity contribution >= 4 is 27.7 Å². The first-order valence-electron chi connectivity index (χ1n) is 3.24. The van der Waals surface area contributed by atoms with Crippen LogP contribution in [0.2, 0.25) is 5.02 Å². The lowest BCUT2D eigenvalue weighted by atomic mass is 10.3. The van der Waals surface area contributed by atoms with Crippen molar-refractivity contribution in [3.05, 3.63) is 17.2 Å². The van der Waals surface area contributed by atoms with Gasteiger partial charge in [0.15, 0.2) is 5.75 Å². The monoisotopic (exact) mass is 239 g/mol. The van der Waals surface area contributed by atoms with Crippen molar-refractivity contribution in [3.63, 3.8) is 0 Å². The number of benzene rings is 1. The molecule has 1 rings (SSSR count). The zero-order valence-electron chi connectivity index (χ0n) is 6.64. The van der Waals surface area contributed by atoms with Crippen LogP contribution in [0.5, 0.6) is 11.5 Å². The third kappa shape index (κ3) is 2.66. The molecule has 1 aromatic rings. The largest absolute Gasteiger partial charge is 0.504 e. The van der Waals surface area contributed by atoms with Crippen LogP contribution in [0, 0.1) is 0 Å². The van der Waals surface area contributed by atoms with Gasteiger partial charge < -0.3 is 15.0 Å². The molecule has 0 bridgehead atoms. The first-order valence-corrected chi connectivity index (χ1v) is 4.99. The molecule has 4 N–H and O–H groups in total. The van der Waals surface area contributed by atoms with Crippen molar-refractivity contribution in [2.75, 3.05) is 5.73 Å². The molecule has 0 fully saturated rings. The number of halogens is 1. The van der Waals surface area contributed by atoms with E-state index in [1.165, 1.54) is 0 Å². The Morgan fingerprint density at radius 3 is 2.43 bits per heavy atom. The number of phenolic OH excluding ortho intramolecular Hbond substituents is 1. The summed E-state index contributed by atoms with van der Waals surface area (Å²) in [5.74, 6) is -0.665. The molecule has 14 heavy (non-hydrogen) atoms. The first kappa shape index (κ1) is 10.9. The second kappa shape index (κ2) is 3.52. The maximum Gasteiger partial charge on any atom is 0.446 e. The van der Waals surface area contributed by atoms with E-state index in [1.54, 1.807) is 0 Å². The number of anilines is 1.